The molecule has 0 atom stereocenters. The van der Waals surface area contributed by atoms with Gasteiger partial charge in [0.15, 0.2) is 5.78 Å². The molecule has 0 saturated heterocycles. The fourth-order valence-electron chi connectivity index (χ4n) is 4.33. The molecule has 35 heavy (non-hydrogen) atoms. The van der Waals surface area contributed by atoms with Gasteiger partial charge in [-0.05, 0) is 86.9 Å². The number of carbonyl (C=O) groups excluding carboxylic acids is 1. The van der Waals surface area contributed by atoms with E-state index in [9.17, 15) is 9.18 Å². The van der Waals surface area contributed by atoms with E-state index in [1.165, 1.54) is 11.6 Å². The molecule has 6 heteroatoms. The quantitative estimate of drug-likeness (QED) is 0.276. The summed E-state index contributed by atoms with van der Waals surface area (Å²) in [5.41, 5.74) is 6.05. The van der Waals surface area contributed by atoms with Gasteiger partial charge >= 0.3 is 0 Å². The molecule has 0 spiro atoms. The highest BCUT2D eigenvalue weighted by atomic mass is 35.5. The molecule has 1 fully saturated rings. The Morgan fingerprint density at radius 2 is 1.91 bits per heavy atom. The molecule has 1 aliphatic rings. The summed E-state index contributed by atoms with van der Waals surface area (Å²) in [5, 5.41) is 4.71. The Balaban J connectivity index is 1.65. The van der Waals surface area contributed by atoms with E-state index in [1.54, 1.807) is 19.2 Å². The minimum atomic E-state index is -0.348. The Kier molecular flexibility index (Phi) is 6.30. The fourth-order valence-corrected chi connectivity index (χ4v) is 4.54. The number of carbonyl (C=O) groups is 1. The van der Waals surface area contributed by atoms with Crippen LogP contribution in [0.5, 0.6) is 0 Å². The predicted octanol–water partition coefficient (Wildman–Crippen LogP) is 7.40. The predicted molar refractivity (Wildman–Crippen MR) is 141 cm³/mol. The van der Waals surface area contributed by atoms with Gasteiger partial charge in [0.25, 0.3) is 0 Å². The van der Waals surface area contributed by atoms with Crippen molar-refractivity contribution in [2.45, 2.75) is 26.3 Å². The lowest BCUT2D eigenvalue weighted by Gasteiger charge is -2.17. The third kappa shape index (κ3) is 4.93. The number of fused-ring (bicyclic) bond motifs is 1. The number of pyridine rings is 1. The molecule has 0 amide bonds. The SMILES string of the molecule is Cc1c(F)cc(-c2ccc3ncc(C(=O)C4CC4)c(Nc4cccc(CN(C)C)c4)c3c2)cc1Cl. The number of halogens is 2. The van der Waals surface area contributed by atoms with Crippen molar-refractivity contribution in [2.75, 3.05) is 19.4 Å². The fraction of sp³-hybridized carbons (Fsp3) is 0.241. The summed E-state index contributed by atoms with van der Waals surface area (Å²) >= 11 is 6.27. The van der Waals surface area contributed by atoms with Gasteiger partial charge in [-0.2, -0.15) is 0 Å². The summed E-state index contributed by atoms with van der Waals surface area (Å²) in [5.74, 6) is -0.177. The van der Waals surface area contributed by atoms with Crippen LogP contribution >= 0.6 is 11.6 Å². The van der Waals surface area contributed by atoms with Crippen LogP contribution in [0.2, 0.25) is 5.02 Å². The number of anilines is 2. The highest BCUT2D eigenvalue weighted by molar-refractivity contribution is 6.31. The highest BCUT2D eigenvalue weighted by Crippen LogP contribution is 2.39. The molecule has 3 aromatic carbocycles. The van der Waals surface area contributed by atoms with Gasteiger partial charge in [-0.25, -0.2) is 4.39 Å². The molecule has 1 saturated carbocycles. The maximum Gasteiger partial charge on any atom is 0.169 e. The van der Waals surface area contributed by atoms with Crippen molar-refractivity contribution in [3.8, 4) is 11.1 Å². The molecule has 1 heterocycles. The number of nitrogens with zero attached hydrogens (tertiary/aromatic N) is 2. The number of nitrogens with one attached hydrogen (secondary N) is 1. The lowest BCUT2D eigenvalue weighted by Crippen LogP contribution is -2.11. The van der Waals surface area contributed by atoms with E-state index in [0.29, 0.717) is 21.7 Å². The first kappa shape index (κ1) is 23.5. The average molecular weight is 488 g/mol. The summed E-state index contributed by atoms with van der Waals surface area (Å²) in [6.45, 7) is 2.47. The number of ketones is 1. The molecule has 1 N–H and O–H groups in total. The second-order valence-electron chi connectivity index (χ2n) is 9.55. The molecule has 0 aliphatic heterocycles. The number of rotatable bonds is 7. The smallest absolute Gasteiger partial charge is 0.169 e. The minimum Gasteiger partial charge on any atom is -0.354 e. The summed E-state index contributed by atoms with van der Waals surface area (Å²) in [6, 6.07) is 17.2. The zero-order valence-corrected chi connectivity index (χ0v) is 20.8. The van der Waals surface area contributed by atoms with Crippen molar-refractivity contribution in [3.05, 3.63) is 88.3 Å². The first-order chi connectivity index (χ1) is 16.8. The van der Waals surface area contributed by atoms with Crippen LogP contribution in [-0.2, 0) is 6.54 Å². The third-order valence-electron chi connectivity index (χ3n) is 6.39. The van der Waals surface area contributed by atoms with E-state index >= 15 is 0 Å². The molecule has 0 bridgehead atoms. The van der Waals surface area contributed by atoms with Crippen molar-refractivity contribution in [2.24, 2.45) is 5.92 Å². The molecule has 4 nitrogen and oxygen atoms in total. The first-order valence-corrected chi connectivity index (χ1v) is 12.1. The summed E-state index contributed by atoms with van der Waals surface area (Å²) in [4.78, 5) is 19.9. The maximum absolute atomic E-state index is 14.4. The van der Waals surface area contributed by atoms with Crippen molar-refractivity contribution in [1.29, 1.82) is 0 Å². The van der Waals surface area contributed by atoms with Crippen LogP contribution in [0, 0.1) is 18.7 Å². The number of benzene rings is 3. The van der Waals surface area contributed by atoms with E-state index in [0.717, 1.165) is 47.2 Å². The van der Waals surface area contributed by atoms with Crippen LogP contribution in [0.4, 0.5) is 15.8 Å². The second kappa shape index (κ2) is 9.40. The van der Waals surface area contributed by atoms with Crippen molar-refractivity contribution < 1.29 is 9.18 Å². The molecule has 0 unspecified atom stereocenters. The van der Waals surface area contributed by atoms with Crippen molar-refractivity contribution in [1.82, 2.24) is 9.88 Å². The molecule has 5 rings (SSSR count). The Morgan fingerprint density at radius 1 is 1.11 bits per heavy atom. The number of aromatic nitrogens is 1. The highest BCUT2D eigenvalue weighted by Gasteiger charge is 2.32. The van der Waals surface area contributed by atoms with E-state index < -0.39 is 0 Å². The van der Waals surface area contributed by atoms with Gasteiger partial charge in [-0.15, -0.1) is 0 Å². The van der Waals surface area contributed by atoms with Gasteiger partial charge in [0, 0.05) is 40.3 Å². The molecule has 1 aliphatic carbocycles. The van der Waals surface area contributed by atoms with Crippen LogP contribution in [0.15, 0.2) is 60.8 Å². The lowest BCUT2D eigenvalue weighted by molar-refractivity contribution is 0.0968. The second-order valence-corrected chi connectivity index (χ2v) is 9.95. The summed E-state index contributed by atoms with van der Waals surface area (Å²) in [6.07, 6.45) is 3.50. The van der Waals surface area contributed by atoms with Gasteiger partial charge in [-0.3, -0.25) is 9.78 Å². The van der Waals surface area contributed by atoms with E-state index in [1.807, 2.05) is 44.4 Å². The van der Waals surface area contributed by atoms with Gasteiger partial charge in [0.05, 0.1) is 16.8 Å². The Labute approximate surface area is 209 Å². The molecular weight excluding hydrogens is 461 g/mol. The van der Waals surface area contributed by atoms with Crippen LogP contribution in [0.3, 0.4) is 0 Å². The van der Waals surface area contributed by atoms with Gasteiger partial charge in [-0.1, -0.05) is 29.8 Å². The van der Waals surface area contributed by atoms with E-state index in [4.69, 9.17) is 11.6 Å². The first-order valence-electron chi connectivity index (χ1n) is 11.7. The third-order valence-corrected chi connectivity index (χ3v) is 6.78. The maximum atomic E-state index is 14.4. The van der Waals surface area contributed by atoms with Crippen molar-refractivity contribution in [3.63, 3.8) is 0 Å². The number of hydrogen-bond donors (Lipinski definition) is 1. The Morgan fingerprint density at radius 3 is 2.63 bits per heavy atom. The lowest BCUT2D eigenvalue weighted by atomic mass is 9.98. The molecule has 1 aromatic heterocycles. The van der Waals surface area contributed by atoms with Crippen LogP contribution < -0.4 is 5.32 Å². The Hall–Kier alpha value is -3.28. The molecule has 178 valence electrons. The minimum absolute atomic E-state index is 0.0584. The van der Waals surface area contributed by atoms with Gasteiger partial charge in [0.2, 0.25) is 0 Å². The van der Waals surface area contributed by atoms with Gasteiger partial charge < -0.3 is 10.2 Å². The molecule has 0 radical (unpaired) electrons. The van der Waals surface area contributed by atoms with E-state index in [-0.39, 0.29) is 17.5 Å². The largest absolute Gasteiger partial charge is 0.354 e. The van der Waals surface area contributed by atoms with Crippen LogP contribution in [0.25, 0.3) is 22.0 Å². The summed E-state index contributed by atoms with van der Waals surface area (Å²) in [7, 11) is 4.06. The topological polar surface area (TPSA) is 45.2 Å². The van der Waals surface area contributed by atoms with Crippen LogP contribution in [0.1, 0.15) is 34.3 Å². The Bertz CT molecular complexity index is 1420. The normalized spacial score (nSPS) is 13.4. The summed E-state index contributed by atoms with van der Waals surface area (Å²) < 4.78 is 14.4. The zero-order valence-electron chi connectivity index (χ0n) is 20.0. The average Bonchev–Trinajstić information content (AvgIpc) is 3.67. The standard InChI is InChI=1S/C29H27ClFN3O/c1-17-25(30)13-21(14-26(17)31)20-9-10-27-23(12-20)28(24(15-32-27)29(35)19-7-8-19)33-22-6-4-5-18(11-22)16-34(2)3/h4-6,9-15,19H,7-8,16H2,1-3H3,(H,32,33). The number of hydrogen-bond acceptors (Lipinski definition) is 4. The molecule has 4 aromatic rings. The van der Waals surface area contributed by atoms with Crippen LogP contribution in [-0.4, -0.2) is 29.8 Å². The van der Waals surface area contributed by atoms with Gasteiger partial charge in [0.1, 0.15) is 5.82 Å². The number of Topliss-reactive ketones (excluding diaryl/α,β-unsaturated/α-hetero) is 1. The molecular formula is C29H27ClFN3O. The zero-order chi connectivity index (χ0) is 24.7. The monoisotopic (exact) mass is 487 g/mol. The van der Waals surface area contributed by atoms with E-state index in [2.05, 4.69) is 27.3 Å². The van der Waals surface area contributed by atoms with Crippen molar-refractivity contribution >= 4 is 39.7 Å².